The normalized spacial score (nSPS) is 13.6. The zero-order valence-electron chi connectivity index (χ0n) is 15.3. The quantitative estimate of drug-likeness (QED) is 0.648. The highest BCUT2D eigenvalue weighted by atomic mass is 32.2. The molecule has 28 heavy (non-hydrogen) atoms. The van der Waals surface area contributed by atoms with Crippen LogP contribution in [0.1, 0.15) is 12.0 Å². The van der Waals surface area contributed by atoms with Crippen molar-refractivity contribution >= 4 is 15.7 Å². The summed E-state index contributed by atoms with van der Waals surface area (Å²) in [6.07, 6.45) is 0.765. The smallest absolute Gasteiger partial charge is 0.264 e. The van der Waals surface area contributed by atoms with Gasteiger partial charge >= 0.3 is 0 Å². The average Bonchev–Trinajstić information content (AvgIpc) is 2.98. The first-order valence-corrected chi connectivity index (χ1v) is 10.6. The SMILES string of the molecule is O=S(=O)(c1ccc2c(c1)OCCCO2)N(Cc1ccccc1)c1ccccc1. The highest BCUT2D eigenvalue weighted by molar-refractivity contribution is 7.92. The maximum atomic E-state index is 13.5. The van der Waals surface area contributed by atoms with Crippen molar-refractivity contribution in [3.05, 3.63) is 84.4 Å². The minimum Gasteiger partial charge on any atom is -0.490 e. The Balaban J connectivity index is 1.75. The molecule has 0 bridgehead atoms. The van der Waals surface area contributed by atoms with Gasteiger partial charge in [-0.25, -0.2) is 8.42 Å². The summed E-state index contributed by atoms with van der Waals surface area (Å²) in [5.41, 5.74) is 1.52. The highest BCUT2D eigenvalue weighted by Gasteiger charge is 2.27. The lowest BCUT2D eigenvalue weighted by Crippen LogP contribution is -2.30. The van der Waals surface area contributed by atoms with Gasteiger partial charge in [-0.05, 0) is 29.8 Å². The molecule has 4 rings (SSSR count). The fourth-order valence-corrected chi connectivity index (χ4v) is 4.56. The molecule has 1 aliphatic rings. The summed E-state index contributed by atoms with van der Waals surface area (Å²) < 4.78 is 39.8. The number of benzene rings is 3. The van der Waals surface area contributed by atoms with Crippen LogP contribution in [0, 0.1) is 0 Å². The molecule has 0 fully saturated rings. The van der Waals surface area contributed by atoms with Gasteiger partial charge in [0.1, 0.15) is 0 Å². The Morgan fingerprint density at radius 3 is 2.14 bits per heavy atom. The second-order valence-corrected chi connectivity index (χ2v) is 8.35. The summed E-state index contributed by atoms with van der Waals surface area (Å²) in [5, 5.41) is 0. The summed E-state index contributed by atoms with van der Waals surface area (Å²) in [6, 6.07) is 23.5. The molecule has 0 radical (unpaired) electrons. The van der Waals surface area contributed by atoms with Crippen LogP contribution in [0.15, 0.2) is 83.8 Å². The van der Waals surface area contributed by atoms with Crippen molar-refractivity contribution in [1.82, 2.24) is 0 Å². The summed E-state index contributed by atoms with van der Waals surface area (Å²) in [5.74, 6) is 1.04. The van der Waals surface area contributed by atoms with Gasteiger partial charge in [-0.1, -0.05) is 48.5 Å². The Hall–Kier alpha value is -2.99. The van der Waals surface area contributed by atoms with E-state index in [1.165, 1.54) is 4.31 Å². The van der Waals surface area contributed by atoms with E-state index in [4.69, 9.17) is 9.47 Å². The van der Waals surface area contributed by atoms with Crippen LogP contribution in [0.4, 0.5) is 5.69 Å². The Bertz CT molecular complexity index is 1040. The van der Waals surface area contributed by atoms with Crippen molar-refractivity contribution in [2.24, 2.45) is 0 Å². The van der Waals surface area contributed by atoms with Crippen molar-refractivity contribution in [2.45, 2.75) is 17.9 Å². The summed E-state index contributed by atoms with van der Waals surface area (Å²) in [4.78, 5) is 0.177. The third-order valence-electron chi connectivity index (χ3n) is 4.52. The number of anilines is 1. The number of ether oxygens (including phenoxy) is 2. The van der Waals surface area contributed by atoms with E-state index < -0.39 is 10.0 Å². The van der Waals surface area contributed by atoms with E-state index >= 15 is 0 Å². The highest BCUT2D eigenvalue weighted by Crippen LogP contribution is 2.34. The lowest BCUT2D eigenvalue weighted by molar-refractivity contribution is 0.297. The van der Waals surface area contributed by atoms with Crippen LogP contribution in [-0.4, -0.2) is 21.6 Å². The van der Waals surface area contributed by atoms with Crippen LogP contribution in [-0.2, 0) is 16.6 Å². The third-order valence-corrected chi connectivity index (χ3v) is 6.29. The maximum Gasteiger partial charge on any atom is 0.264 e. The van der Waals surface area contributed by atoms with Gasteiger partial charge in [0.15, 0.2) is 11.5 Å². The van der Waals surface area contributed by atoms with Crippen LogP contribution in [0.5, 0.6) is 11.5 Å². The standard InChI is InChI=1S/C22H21NO4S/c24-28(25,20-12-13-21-22(16-20)27-15-7-14-26-21)23(19-10-5-2-6-11-19)17-18-8-3-1-4-9-18/h1-6,8-13,16H,7,14-15,17H2. The van der Waals surface area contributed by atoms with Gasteiger partial charge < -0.3 is 9.47 Å². The van der Waals surface area contributed by atoms with E-state index in [0.29, 0.717) is 30.4 Å². The van der Waals surface area contributed by atoms with Crippen LogP contribution < -0.4 is 13.8 Å². The predicted molar refractivity (Wildman–Crippen MR) is 108 cm³/mol. The molecule has 0 unspecified atom stereocenters. The molecular weight excluding hydrogens is 374 g/mol. The number of rotatable bonds is 5. The molecule has 6 heteroatoms. The molecule has 0 saturated heterocycles. The lowest BCUT2D eigenvalue weighted by atomic mass is 10.2. The van der Waals surface area contributed by atoms with Crippen molar-refractivity contribution in [3.8, 4) is 11.5 Å². The molecule has 0 aliphatic carbocycles. The van der Waals surface area contributed by atoms with Gasteiger partial charge in [-0.2, -0.15) is 0 Å². The Morgan fingerprint density at radius 2 is 1.43 bits per heavy atom. The minimum atomic E-state index is -3.80. The Labute approximate surface area is 165 Å². The fraction of sp³-hybridized carbons (Fsp3) is 0.182. The molecule has 0 amide bonds. The molecule has 5 nitrogen and oxygen atoms in total. The summed E-state index contributed by atoms with van der Waals surface area (Å²) in [7, 11) is -3.80. The van der Waals surface area contributed by atoms with Gasteiger partial charge in [-0.15, -0.1) is 0 Å². The van der Waals surface area contributed by atoms with Gasteiger partial charge in [0.25, 0.3) is 10.0 Å². The first-order valence-electron chi connectivity index (χ1n) is 9.16. The third kappa shape index (κ3) is 3.82. The predicted octanol–water partition coefficient (Wildman–Crippen LogP) is 4.24. The molecule has 1 aliphatic heterocycles. The molecule has 144 valence electrons. The van der Waals surface area contributed by atoms with Gasteiger partial charge in [-0.3, -0.25) is 4.31 Å². The molecule has 1 heterocycles. The molecule has 3 aromatic rings. The summed E-state index contributed by atoms with van der Waals surface area (Å²) >= 11 is 0. The number of nitrogens with zero attached hydrogens (tertiary/aromatic N) is 1. The van der Waals surface area contributed by atoms with Gasteiger partial charge in [0.2, 0.25) is 0 Å². The number of fused-ring (bicyclic) bond motifs is 1. The van der Waals surface area contributed by atoms with Gasteiger partial charge in [0.05, 0.1) is 30.3 Å². The number of hydrogen-bond acceptors (Lipinski definition) is 4. The number of sulfonamides is 1. The molecular formula is C22H21NO4S. The largest absolute Gasteiger partial charge is 0.490 e. The Kier molecular flexibility index (Phi) is 5.21. The monoisotopic (exact) mass is 395 g/mol. The van der Waals surface area contributed by atoms with Crippen LogP contribution in [0.2, 0.25) is 0 Å². The zero-order chi connectivity index (χ0) is 19.4. The second kappa shape index (κ2) is 7.94. The second-order valence-electron chi connectivity index (χ2n) is 6.49. The van der Waals surface area contributed by atoms with Crippen molar-refractivity contribution < 1.29 is 17.9 Å². The van der Waals surface area contributed by atoms with E-state index in [1.54, 1.807) is 30.3 Å². The molecule has 0 spiro atoms. The van der Waals surface area contributed by atoms with Gasteiger partial charge in [0, 0.05) is 12.5 Å². The molecule has 0 N–H and O–H groups in total. The number of para-hydroxylation sites is 1. The first-order chi connectivity index (χ1) is 13.6. The first kappa shape index (κ1) is 18.4. The maximum absolute atomic E-state index is 13.5. The van der Waals surface area contributed by atoms with Crippen molar-refractivity contribution in [2.75, 3.05) is 17.5 Å². The van der Waals surface area contributed by atoms with Crippen molar-refractivity contribution in [3.63, 3.8) is 0 Å². The molecule has 0 saturated carbocycles. The Morgan fingerprint density at radius 1 is 0.786 bits per heavy atom. The van der Waals surface area contributed by atoms with Crippen LogP contribution in [0.3, 0.4) is 0 Å². The van der Waals surface area contributed by atoms with E-state index in [0.717, 1.165) is 12.0 Å². The van der Waals surface area contributed by atoms with Crippen LogP contribution >= 0.6 is 0 Å². The van der Waals surface area contributed by atoms with E-state index in [2.05, 4.69) is 0 Å². The van der Waals surface area contributed by atoms with E-state index in [9.17, 15) is 8.42 Å². The topological polar surface area (TPSA) is 55.8 Å². The average molecular weight is 395 g/mol. The summed E-state index contributed by atoms with van der Waals surface area (Å²) in [6.45, 7) is 1.30. The molecule has 3 aromatic carbocycles. The van der Waals surface area contributed by atoms with Crippen molar-refractivity contribution in [1.29, 1.82) is 0 Å². The lowest BCUT2D eigenvalue weighted by Gasteiger charge is -2.25. The number of hydrogen-bond donors (Lipinski definition) is 0. The van der Waals surface area contributed by atoms with Crippen LogP contribution in [0.25, 0.3) is 0 Å². The zero-order valence-corrected chi connectivity index (χ0v) is 16.1. The minimum absolute atomic E-state index is 0.177. The molecule has 0 aromatic heterocycles. The fourth-order valence-electron chi connectivity index (χ4n) is 3.09. The van der Waals surface area contributed by atoms with E-state index in [-0.39, 0.29) is 11.4 Å². The molecule has 0 atom stereocenters. The van der Waals surface area contributed by atoms with E-state index in [1.807, 2.05) is 48.5 Å².